The first-order valence-electron chi connectivity index (χ1n) is 2.63. The molecule has 0 aliphatic rings. The van der Waals surface area contributed by atoms with E-state index in [9.17, 15) is 0 Å². The number of ether oxygens (including phenoxy) is 2. The molecule has 8 heavy (non-hydrogen) atoms. The first-order chi connectivity index (χ1) is 3.81. The van der Waals surface area contributed by atoms with E-state index in [-0.39, 0.29) is 0 Å². The number of allylic oxidation sites excluding steroid dienone is 1. The standard InChI is InChI=1S/C6H12O2/c1-4-8-6(2)5-7-3/h5H,4H2,1-3H3/b6-5-. The Morgan fingerprint density at radius 1 is 1.62 bits per heavy atom. The molecule has 0 spiro atoms. The second-order valence-corrected chi connectivity index (χ2v) is 1.40. The molecule has 0 unspecified atom stereocenters. The van der Waals surface area contributed by atoms with Crippen LogP contribution in [0.2, 0.25) is 0 Å². The molecule has 0 atom stereocenters. The Morgan fingerprint density at radius 2 is 2.25 bits per heavy atom. The molecule has 2 heteroatoms. The van der Waals surface area contributed by atoms with Crippen LogP contribution in [0.25, 0.3) is 0 Å². The Labute approximate surface area is 50.1 Å². The molecule has 0 N–H and O–H groups in total. The largest absolute Gasteiger partial charge is 0.501 e. The van der Waals surface area contributed by atoms with Crippen molar-refractivity contribution in [2.24, 2.45) is 0 Å². The van der Waals surface area contributed by atoms with E-state index < -0.39 is 0 Å². The summed E-state index contributed by atoms with van der Waals surface area (Å²) in [7, 11) is 1.60. The summed E-state index contributed by atoms with van der Waals surface area (Å²) < 4.78 is 9.69. The predicted molar refractivity (Wildman–Crippen MR) is 32.4 cm³/mol. The molecule has 0 fully saturated rings. The van der Waals surface area contributed by atoms with E-state index in [2.05, 4.69) is 4.74 Å². The van der Waals surface area contributed by atoms with Crippen LogP contribution in [-0.2, 0) is 9.47 Å². The van der Waals surface area contributed by atoms with Crippen molar-refractivity contribution in [3.63, 3.8) is 0 Å². The summed E-state index contributed by atoms with van der Waals surface area (Å²) >= 11 is 0. The third-order valence-electron chi connectivity index (χ3n) is 0.656. The zero-order valence-electron chi connectivity index (χ0n) is 5.60. The highest BCUT2D eigenvalue weighted by atomic mass is 16.5. The predicted octanol–water partition coefficient (Wildman–Crippen LogP) is 1.53. The van der Waals surface area contributed by atoms with Gasteiger partial charge in [0.25, 0.3) is 0 Å². The Kier molecular flexibility index (Phi) is 4.13. The van der Waals surface area contributed by atoms with Crippen LogP contribution < -0.4 is 0 Å². The van der Waals surface area contributed by atoms with Crippen LogP contribution in [0.3, 0.4) is 0 Å². The van der Waals surface area contributed by atoms with Gasteiger partial charge in [-0.15, -0.1) is 0 Å². The minimum atomic E-state index is 0.700. The van der Waals surface area contributed by atoms with Gasteiger partial charge < -0.3 is 9.47 Å². The van der Waals surface area contributed by atoms with Crippen LogP contribution in [0.1, 0.15) is 13.8 Å². The monoisotopic (exact) mass is 116 g/mol. The summed E-state index contributed by atoms with van der Waals surface area (Å²) in [5.74, 6) is 0.815. The highest BCUT2D eigenvalue weighted by Crippen LogP contribution is 1.92. The first kappa shape index (κ1) is 7.34. The number of hydrogen-bond acceptors (Lipinski definition) is 2. The van der Waals surface area contributed by atoms with Gasteiger partial charge in [0.2, 0.25) is 0 Å². The summed E-state index contributed by atoms with van der Waals surface area (Å²) in [6, 6.07) is 0. The van der Waals surface area contributed by atoms with Crippen LogP contribution in [0, 0.1) is 0 Å². The molecule has 2 nitrogen and oxygen atoms in total. The van der Waals surface area contributed by atoms with Gasteiger partial charge in [0, 0.05) is 0 Å². The average molecular weight is 116 g/mol. The zero-order chi connectivity index (χ0) is 6.41. The van der Waals surface area contributed by atoms with Crippen LogP contribution in [0.5, 0.6) is 0 Å². The quantitative estimate of drug-likeness (QED) is 0.520. The van der Waals surface area contributed by atoms with Crippen LogP contribution >= 0.6 is 0 Å². The molecule has 0 aromatic heterocycles. The average Bonchev–Trinajstić information content (AvgIpc) is 1.68. The molecule has 0 aromatic carbocycles. The number of methoxy groups -OCH3 is 1. The second kappa shape index (κ2) is 4.50. The van der Waals surface area contributed by atoms with Crippen LogP contribution in [-0.4, -0.2) is 13.7 Å². The van der Waals surface area contributed by atoms with Crippen molar-refractivity contribution in [2.75, 3.05) is 13.7 Å². The highest BCUT2D eigenvalue weighted by Gasteiger charge is 1.81. The van der Waals surface area contributed by atoms with Crippen molar-refractivity contribution < 1.29 is 9.47 Å². The number of hydrogen-bond donors (Lipinski definition) is 0. The Bertz CT molecular complexity index is 76.6. The molecule has 0 bridgehead atoms. The Morgan fingerprint density at radius 3 is 2.62 bits per heavy atom. The normalized spacial score (nSPS) is 11.1. The van der Waals surface area contributed by atoms with E-state index in [0.717, 1.165) is 5.76 Å². The fourth-order valence-electron chi connectivity index (χ4n) is 0.428. The van der Waals surface area contributed by atoms with Gasteiger partial charge in [0.1, 0.15) is 12.0 Å². The minimum Gasteiger partial charge on any atom is -0.501 e. The minimum absolute atomic E-state index is 0.700. The van der Waals surface area contributed by atoms with E-state index in [0.29, 0.717) is 6.61 Å². The fourth-order valence-corrected chi connectivity index (χ4v) is 0.428. The van der Waals surface area contributed by atoms with Gasteiger partial charge in [-0.3, -0.25) is 0 Å². The molecular weight excluding hydrogens is 104 g/mol. The summed E-state index contributed by atoms with van der Waals surface area (Å²) in [6.07, 6.45) is 1.57. The van der Waals surface area contributed by atoms with Gasteiger partial charge in [0.05, 0.1) is 13.7 Å². The second-order valence-electron chi connectivity index (χ2n) is 1.40. The zero-order valence-corrected chi connectivity index (χ0v) is 5.60. The van der Waals surface area contributed by atoms with E-state index >= 15 is 0 Å². The number of rotatable bonds is 3. The first-order valence-corrected chi connectivity index (χ1v) is 2.63. The molecule has 0 aromatic rings. The molecular formula is C6H12O2. The fraction of sp³-hybridized carbons (Fsp3) is 0.667. The maximum absolute atomic E-state index is 5.02. The molecule has 0 heterocycles. The molecule has 0 saturated heterocycles. The third kappa shape index (κ3) is 3.53. The molecule has 48 valence electrons. The van der Waals surface area contributed by atoms with Crippen molar-refractivity contribution in [1.29, 1.82) is 0 Å². The lowest BCUT2D eigenvalue weighted by atomic mass is 10.6. The van der Waals surface area contributed by atoms with E-state index in [1.807, 2.05) is 13.8 Å². The maximum atomic E-state index is 5.02. The SMILES string of the molecule is CCO/C(C)=C\OC. The van der Waals surface area contributed by atoms with E-state index in [4.69, 9.17) is 4.74 Å². The smallest absolute Gasteiger partial charge is 0.127 e. The van der Waals surface area contributed by atoms with E-state index in [1.165, 1.54) is 0 Å². The van der Waals surface area contributed by atoms with Crippen molar-refractivity contribution >= 4 is 0 Å². The third-order valence-corrected chi connectivity index (χ3v) is 0.656. The van der Waals surface area contributed by atoms with Crippen molar-refractivity contribution in [3.05, 3.63) is 12.0 Å². The lowest BCUT2D eigenvalue weighted by Crippen LogP contribution is -1.86. The molecule has 0 rings (SSSR count). The lowest BCUT2D eigenvalue weighted by Gasteiger charge is -1.99. The van der Waals surface area contributed by atoms with Gasteiger partial charge in [-0.2, -0.15) is 0 Å². The van der Waals surface area contributed by atoms with Crippen molar-refractivity contribution in [2.45, 2.75) is 13.8 Å². The topological polar surface area (TPSA) is 18.5 Å². The summed E-state index contributed by atoms with van der Waals surface area (Å²) in [4.78, 5) is 0. The van der Waals surface area contributed by atoms with Crippen LogP contribution in [0.4, 0.5) is 0 Å². The van der Waals surface area contributed by atoms with Gasteiger partial charge in [-0.05, 0) is 13.8 Å². The van der Waals surface area contributed by atoms with Gasteiger partial charge in [-0.1, -0.05) is 0 Å². The Balaban J connectivity index is 3.29. The summed E-state index contributed by atoms with van der Waals surface area (Å²) in [5, 5.41) is 0. The van der Waals surface area contributed by atoms with E-state index in [1.54, 1.807) is 13.4 Å². The van der Waals surface area contributed by atoms with Crippen molar-refractivity contribution in [3.8, 4) is 0 Å². The summed E-state index contributed by atoms with van der Waals surface area (Å²) in [5.41, 5.74) is 0. The molecule has 0 amide bonds. The molecule has 0 aliphatic carbocycles. The Hall–Kier alpha value is -0.660. The van der Waals surface area contributed by atoms with Gasteiger partial charge >= 0.3 is 0 Å². The van der Waals surface area contributed by atoms with Crippen molar-refractivity contribution in [1.82, 2.24) is 0 Å². The molecule has 0 saturated carbocycles. The molecule has 0 radical (unpaired) electrons. The van der Waals surface area contributed by atoms with Gasteiger partial charge in [0.15, 0.2) is 0 Å². The maximum Gasteiger partial charge on any atom is 0.127 e. The lowest BCUT2D eigenvalue weighted by molar-refractivity contribution is 0.207. The molecule has 0 aliphatic heterocycles. The highest BCUT2D eigenvalue weighted by molar-refractivity contribution is 4.79. The van der Waals surface area contributed by atoms with Gasteiger partial charge in [-0.25, -0.2) is 0 Å². The summed E-state index contributed by atoms with van der Waals surface area (Å²) in [6.45, 7) is 4.49. The van der Waals surface area contributed by atoms with Crippen LogP contribution in [0.15, 0.2) is 12.0 Å².